The zero-order chi connectivity index (χ0) is 11.0. The molecule has 0 aromatic heterocycles. The average Bonchev–Trinajstić information content (AvgIpc) is 2.21. The number of hydrogen-bond donors (Lipinski definition) is 0. The minimum atomic E-state index is -1.15. The van der Waals surface area contributed by atoms with Gasteiger partial charge in [0, 0.05) is 27.8 Å². The summed E-state index contributed by atoms with van der Waals surface area (Å²) in [5.74, 6) is -1.43. The maximum absolute atomic E-state index is 11.0. The van der Waals surface area contributed by atoms with Crippen LogP contribution in [0.15, 0.2) is 0 Å². The van der Waals surface area contributed by atoms with E-state index in [-0.39, 0.29) is 12.4 Å². The Morgan fingerprint density at radius 1 is 1.14 bits per heavy atom. The number of ether oxygens (including phenoxy) is 4. The van der Waals surface area contributed by atoms with E-state index in [0.29, 0.717) is 13.0 Å². The highest BCUT2D eigenvalue weighted by atomic mass is 16.9. The normalized spacial score (nSPS) is 11.4. The summed E-state index contributed by atoms with van der Waals surface area (Å²) in [7, 11) is 4.37. The van der Waals surface area contributed by atoms with E-state index in [0.717, 1.165) is 0 Å². The molecule has 84 valence electrons. The Labute approximate surface area is 84.3 Å². The van der Waals surface area contributed by atoms with Gasteiger partial charge in [-0.05, 0) is 6.92 Å². The highest BCUT2D eigenvalue weighted by molar-refractivity contribution is 5.69. The van der Waals surface area contributed by atoms with Crippen molar-refractivity contribution in [3.05, 3.63) is 0 Å². The molecule has 0 rings (SSSR count). The fourth-order valence-electron chi connectivity index (χ4n) is 1.04. The molecule has 0 fully saturated rings. The zero-order valence-electron chi connectivity index (χ0n) is 9.16. The summed E-state index contributed by atoms with van der Waals surface area (Å²) in [5, 5.41) is 0. The van der Waals surface area contributed by atoms with E-state index in [4.69, 9.17) is 18.9 Å². The van der Waals surface area contributed by atoms with Gasteiger partial charge in [-0.15, -0.1) is 0 Å². The second-order valence-corrected chi connectivity index (χ2v) is 2.60. The quantitative estimate of drug-likeness (QED) is 0.458. The first kappa shape index (κ1) is 13.4. The summed E-state index contributed by atoms with van der Waals surface area (Å²) < 4.78 is 19.8. The smallest absolute Gasteiger partial charge is 0.306 e. The van der Waals surface area contributed by atoms with Gasteiger partial charge in [0.05, 0.1) is 13.0 Å². The van der Waals surface area contributed by atoms with Crippen LogP contribution >= 0.6 is 0 Å². The molecule has 0 unspecified atom stereocenters. The summed E-state index contributed by atoms with van der Waals surface area (Å²) in [6.45, 7) is 2.13. The maximum atomic E-state index is 11.0. The molecule has 14 heavy (non-hydrogen) atoms. The lowest BCUT2D eigenvalue weighted by Crippen LogP contribution is -2.36. The van der Waals surface area contributed by atoms with Crippen molar-refractivity contribution in [2.75, 3.05) is 27.9 Å². The van der Waals surface area contributed by atoms with E-state index in [1.807, 2.05) is 0 Å². The first-order chi connectivity index (χ1) is 6.64. The molecule has 0 N–H and O–H groups in total. The summed E-state index contributed by atoms with van der Waals surface area (Å²) >= 11 is 0. The lowest BCUT2D eigenvalue weighted by molar-refractivity contribution is -0.354. The van der Waals surface area contributed by atoms with Crippen LogP contribution in [0.2, 0.25) is 0 Å². The van der Waals surface area contributed by atoms with Crippen molar-refractivity contribution in [2.24, 2.45) is 0 Å². The monoisotopic (exact) mass is 206 g/mol. The summed E-state index contributed by atoms with van der Waals surface area (Å²) in [5.41, 5.74) is 0. The molecule has 0 radical (unpaired) electrons. The van der Waals surface area contributed by atoms with Gasteiger partial charge in [0.1, 0.15) is 0 Å². The molecule has 0 heterocycles. The van der Waals surface area contributed by atoms with E-state index in [1.54, 1.807) is 6.92 Å². The fraction of sp³-hybridized carbons (Fsp3) is 0.889. The Morgan fingerprint density at radius 2 is 1.64 bits per heavy atom. The minimum absolute atomic E-state index is 0.198. The van der Waals surface area contributed by atoms with Gasteiger partial charge in [0.2, 0.25) is 0 Å². The van der Waals surface area contributed by atoms with Crippen molar-refractivity contribution in [1.29, 1.82) is 0 Å². The number of carbonyl (C=O) groups excluding carboxylic acids is 1. The lowest BCUT2D eigenvalue weighted by Gasteiger charge is -2.28. The standard InChI is InChI=1S/C9H18O5/c1-5-14-8(10)6-7-9(11-2,12-3)13-4/h5-7H2,1-4H3. The van der Waals surface area contributed by atoms with Gasteiger partial charge in [-0.3, -0.25) is 4.79 Å². The first-order valence-corrected chi connectivity index (χ1v) is 4.45. The molecular formula is C9H18O5. The predicted octanol–water partition coefficient (Wildman–Crippen LogP) is 0.923. The molecule has 0 saturated heterocycles. The highest BCUT2D eigenvalue weighted by Gasteiger charge is 2.30. The first-order valence-electron chi connectivity index (χ1n) is 4.45. The van der Waals surface area contributed by atoms with Crippen LogP contribution in [0, 0.1) is 0 Å². The second kappa shape index (κ2) is 6.75. The van der Waals surface area contributed by atoms with Crippen LogP contribution in [0.5, 0.6) is 0 Å². The van der Waals surface area contributed by atoms with Crippen LogP contribution in [0.3, 0.4) is 0 Å². The minimum Gasteiger partial charge on any atom is -0.466 e. The number of hydrogen-bond acceptors (Lipinski definition) is 5. The Balaban J connectivity index is 3.99. The van der Waals surface area contributed by atoms with Crippen molar-refractivity contribution >= 4 is 5.97 Å². The highest BCUT2D eigenvalue weighted by Crippen LogP contribution is 2.19. The van der Waals surface area contributed by atoms with Crippen LogP contribution in [-0.4, -0.2) is 39.9 Å². The molecule has 0 aromatic carbocycles. The third-order valence-electron chi connectivity index (χ3n) is 1.87. The van der Waals surface area contributed by atoms with Crippen molar-refractivity contribution in [3.8, 4) is 0 Å². The van der Waals surface area contributed by atoms with Gasteiger partial charge >= 0.3 is 5.97 Å². The average molecular weight is 206 g/mol. The number of methoxy groups -OCH3 is 3. The number of rotatable bonds is 7. The summed E-state index contributed by atoms with van der Waals surface area (Å²) in [6, 6.07) is 0. The van der Waals surface area contributed by atoms with Gasteiger partial charge in [-0.2, -0.15) is 0 Å². The van der Waals surface area contributed by atoms with E-state index in [1.165, 1.54) is 21.3 Å². The van der Waals surface area contributed by atoms with E-state index >= 15 is 0 Å². The maximum Gasteiger partial charge on any atom is 0.306 e. The van der Waals surface area contributed by atoms with Crippen molar-refractivity contribution in [1.82, 2.24) is 0 Å². The van der Waals surface area contributed by atoms with E-state index in [9.17, 15) is 4.79 Å². The number of esters is 1. The summed E-state index contributed by atoms with van der Waals surface area (Å²) in [4.78, 5) is 11.0. The molecule has 0 spiro atoms. The van der Waals surface area contributed by atoms with Crippen molar-refractivity contribution < 1.29 is 23.7 Å². The zero-order valence-corrected chi connectivity index (χ0v) is 9.16. The third-order valence-corrected chi connectivity index (χ3v) is 1.87. The topological polar surface area (TPSA) is 54.0 Å². The molecule has 0 saturated carbocycles. The van der Waals surface area contributed by atoms with E-state index in [2.05, 4.69) is 0 Å². The van der Waals surface area contributed by atoms with Gasteiger partial charge in [-0.1, -0.05) is 0 Å². The van der Waals surface area contributed by atoms with Crippen LogP contribution < -0.4 is 0 Å². The van der Waals surface area contributed by atoms with Crippen LogP contribution in [0.1, 0.15) is 19.8 Å². The Bertz CT molecular complexity index is 156. The van der Waals surface area contributed by atoms with Gasteiger partial charge in [-0.25, -0.2) is 0 Å². The van der Waals surface area contributed by atoms with Crippen LogP contribution in [0.4, 0.5) is 0 Å². The van der Waals surface area contributed by atoms with Crippen molar-refractivity contribution in [2.45, 2.75) is 25.7 Å². The van der Waals surface area contributed by atoms with E-state index < -0.39 is 5.97 Å². The predicted molar refractivity (Wildman–Crippen MR) is 49.6 cm³/mol. The SMILES string of the molecule is CCOC(=O)CCC(OC)(OC)OC. The molecule has 5 nitrogen and oxygen atoms in total. The van der Waals surface area contributed by atoms with Crippen LogP contribution in [0.25, 0.3) is 0 Å². The largest absolute Gasteiger partial charge is 0.466 e. The fourth-order valence-corrected chi connectivity index (χ4v) is 1.04. The molecule has 0 aliphatic rings. The van der Waals surface area contributed by atoms with Gasteiger partial charge < -0.3 is 18.9 Å². The second-order valence-electron chi connectivity index (χ2n) is 2.60. The Hall–Kier alpha value is -0.650. The van der Waals surface area contributed by atoms with Crippen molar-refractivity contribution in [3.63, 3.8) is 0 Å². The lowest BCUT2D eigenvalue weighted by atomic mass is 10.2. The summed E-state index contributed by atoms with van der Waals surface area (Å²) in [6.07, 6.45) is 0.499. The molecule has 0 aliphatic carbocycles. The van der Waals surface area contributed by atoms with Gasteiger partial charge in [0.15, 0.2) is 0 Å². The molecule has 5 heteroatoms. The Morgan fingerprint density at radius 3 is 2.00 bits per heavy atom. The van der Waals surface area contributed by atoms with Crippen LogP contribution in [-0.2, 0) is 23.7 Å². The molecular weight excluding hydrogens is 188 g/mol. The Kier molecular flexibility index (Phi) is 6.44. The molecule has 0 atom stereocenters. The molecule has 0 bridgehead atoms. The molecule has 0 aliphatic heterocycles. The number of carbonyl (C=O) groups is 1. The molecule has 0 aromatic rings. The molecule has 0 amide bonds. The third kappa shape index (κ3) is 4.04. The van der Waals surface area contributed by atoms with Gasteiger partial charge in [0.25, 0.3) is 5.97 Å².